The molecule has 2 aromatic rings. The van der Waals surface area contributed by atoms with Crippen molar-refractivity contribution >= 4 is 18.5 Å². The molecule has 21 heavy (non-hydrogen) atoms. The maximum Gasteiger partial charge on any atom is 0.326 e. The average Bonchev–Trinajstić information content (AvgIpc) is 2.46. The predicted molar refractivity (Wildman–Crippen MR) is 89.4 cm³/mol. The highest BCUT2D eigenvalue weighted by Gasteiger charge is 2.36. The summed E-state index contributed by atoms with van der Waals surface area (Å²) in [6.45, 7) is 5.75. The number of para-hydroxylation sites is 1. The third-order valence-corrected chi connectivity index (χ3v) is 5.77. The van der Waals surface area contributed by atoms with Gasteiger partial charge in [-0.05, 0) is 45.0 Å². The monoisotopic (exact) mass is 303 g/mol. The number of hydrogen-bond acceptors (Lipinski definition) is 2. The van der Waals surface area contributed by atoms with E-state index in [1.54, 1.807) is 4.67 Å². The molecule has 0 amide bonds. The van der Waals surface area contributed by atoms with E-state index < -0.39 is 13.1 Å². The predicted octanol–water partition coefficient (Wildman–Crippen LogP) is 4.46. The van der Waals surface area contributed by atoms with Crippen molar-refractivity contribution in [2.24, 2.45) is 0 Å². The van der Waals surface area contributed by atoms with Crippen molar-refractivity contribution in [3.05, 3.63) is 60.7 Å². The lowest BCUT2D eigenvalue weighted by Gasteiger charge is -2.34. The molecule has 0 saturated carbocycles. The number of benzene rings is 2. The molecule has 0 aromatic heterocycles. The molecule has 0 N–H and O–H groups in total. The highest BCUT2D eigenvalue weighted by molar-refractivity contribution is 7.68. The zero-order valence-corrected chi connectivity index (χ0v) is 13.9. The zero-order chi connectivity index (χ0) is 15.5. The lowest BCUT2D eigenvalue weighted by atomic mass is 10.2. The van der Waals surface area contributed by atoms with Crippen molar-refractivity contribution in [1.29, 1.82) is 0 Å². The summed E-state index contributed by atoms with van der Waals surface area (Å²) >= 11 is 0. The number of rotatable bonds is 4. The summed E-state index contributed by atoms with van der Waals surface area (Å²) < 4.78 is 21.4. The van der Waals surface area contributed by atoms with Crippen LogP contribution >= 0.6 is 7.52 Å². The van der Waals surface area contributed by atoms with E-state index in [1.807, 2.05) is 88.5 Å². The third kappa shape index (κ3) is 3.75. The first-order chi connectivity index (χ1) is 9.83. The molecule has 2 rings (SSSR count). The van der Waals surface area contributed by atoms with Crippen LogP contribution in [0.15, 0.2) is 60.7 Å². The van der Waals surface area contributed by atoms with Crippen LogP contribution in [0.3, 0.4) is 0 Å². The minimum absolute atomic E-state index is 0.506. The quantitative estimate of drug-likeness (QED) is 0.781. The molecule has 4 heteroatoms. The lowest BCUT2D eigenvalue weighted by molar-refractivity contribution is 0.137. The van der Waals surface area contributed by atoms with Gasteiger partial charge >= 0.3 is 7.52 Å². The molecule has 1 unspecified atom stereocenters. The summed E-state index contributed by atoms with van der Waals surface area (Å²) in [5, 5.41) is 0.700. The van der Waals surface area contributed by atoms with Gasteiger partial charge in [-0.15, -0.1) is 0 Å². The maximum absolute atomic E-state index is 13.6. The van der Waals surface area contributed by atoms with Gasteiger partial charge < -0.3 is 9.19 Å². The van der Waals surface area contributed by atoms with Crippen molar-refractivity contribution in [3.8, 4) is 0 Å². The number of hydrogen-bond donors (Lipinski definition) is 0. The summed E-state index contributed by atoms with van der Waals surface area (Å²) in [6.07, 6.45) is 0. The van der Waals surface area contributed by atoms with Gasteiger partial charge in [-0.25, -0.2) is 0 Å². The fourth-order valence-electron chi connectivity index (χ4n) is 2.07. The van der Waals surface area contributed by atoms with Gasteiger partial charge in [-0.2, -0.15) is 0 Å². The average molecular weight is 303 g/mol. The van der Waals surface area contributed by atoms with Crippen LogP contribution in [-0.2, 0) is 9.09 Å². The van der Waals surface area contributed by atoms with Crippen molar-refractivity contribution < 1.29 is 9.09 Å². The molecule has 112 valence electrons. The van der Waals surface area contributed by atoms with Crippen LogP contribution in [0.25, 0.3) is 0 Å². The van der Waals surface area contributed by atoms with Gasteiger partial charge in [0.05, 0.1) is 10.9 Å². The summed E-state index contributed by atoms with van der Waals surface area (Å²) in [4.78, 5) is 0. The lowest BCUT2D eigenvalue weighted by Crippen LogP contribution is -2.30. The topological polar surface area (TPSA) is 29.5 Å². The van der Waals surface area contributed by atoms with Crippen molar-refractivity contribution in [3.63, 3.8) is 0 Å². The molecule has 0 bridgehead atoms. The van der Waals surface area contributed by atoms with Crippen molar-refractivity contribution in [1.82, 2.24) is 0 Å². The van der Waals surface area contributed by atoms with Gasteiger partial charge in [-0.1, -0.05) is 36.4 Å². The third-order valence-electron chi connectivity index (χ3n) is 3.00. The van der Waals surface area contributed by atoms with Gasteiger partial charge in [0.15, 0.2) is 0 Å². The molecule has 0 radical (unpaired) electrons. The zero-order valence-electron chi connectivity index (χ0n) is 13.0. The molecule has 0 aliphatic heterocycles. The standard InChI is InChI=1S/C17H22NO2P/c1-17(2,3)20-21(19,16-13-9-6-10-14-16)18(4)15-11-7-5-8-12-15/h5-14H,1-4H3. The molecule has 2 aromatic carbocycles. The van der Waals surface area contributed by atoms with Crippen LogP contribution in [0.5, 0.6) is 0 Å². The first-order valence-corrected chi connectivity index (χ1v) is 8.56. The van der Waals surface area contributed by atoms with Crippen LogP contribution < -0.4 is 9.97 Å². The molecule has 3 nitrogen and oxygen atoms in total. The molecule has 0 saturated heterocycles. The van der Waals surface area contributed by atoms with Crippen molar-refractivity contribution in [2.75, 3.05) is 11.7 Å². The van der Waals surface area contributed by atoms with E-state index in [0.717, 1.165) is 5.69 Å². The molecular weight excluding hydrogens is 281 g/mol. The minimum atomic E-state index is -3.17. The molecule has 0 aliphatic rings. The molecule has 1 atom stereocenters. The van der Waals surface area contributed by atoms with Gasteiger partial charge in [0, 0.05) is 12.7 Å². The maximum atomic E-state index is 13.6. The fourth-order valence-corrected chi connectivity index (χ4v) is 4.37. The van der Waals surface area contributed by atoms with Crippen LogP contribution in [-0.4, -0.2) is 12.6 Å². The van der Waals surface area contributed by atoms with E-state index in [2.05, 4.69) is 0 Å². The molecular formula is C17H22NO2P. The van der Waals surface area contributed by atoms with E-state index in [1.165, 1.54) is 0 Å². The molecule has 0 fully saturated rings. The normalized spacial score (nSPS) is 14.5. The number of nitrogens with zero attached hydrogens (tertiary/aromatic N) is 1. The molecule has 0 heterocycles. The molecule has 0 aliphatic carbocycles. The smallest absolute Gasteiger partial charge is 0.304 e. The van der Waals surface area contributed by atoms with Crippen LogP contribution in [0, 0.1) is 0 Å². The minimum Gasteiger partial charge on any atom is -0.304 e. The summed E-state index contributed by atoms with van der Waals surface area (Å²) in [5.74, 6) is 0. The van der Waals surface area contributed by atoms with E-state index in [9.17, 15) is 4.57 Å². The van der Waals surface area contributed by atoms with E-state index >= 15 is 0 Å². The van der Waals surface area contributed by atoms with Gasteiger partial charge in [0.2, 0.25) is 0 Å². The van der Waals surface area contributed by atoms with Gasteiger partial charge in [0.25, 0.3) is 0 Å². The Morgan fingerprint density at radius 3 is 1.86 bits per heavy atom. The van der Waals surface area contributed by atoms with Crippen LogP contribution in [0.2, 0.25) is 0 Å². The Kier molecular flexibility index (Phi) is 4.55. The highest BCUT2D eigenvalue weighted by atomic mass is 31.2. The second kappa shape index (κ2) is 6.05. The first-order valence-electron chi connectivity index (χ1n) is 6.99. The van der Waals surface area contributed by atoms with Crippen LogP contribution in [0.1, 0.15) is 20.8 Å². The van der Waals surface area contributed by atoms with Crippen molar-refractivity contribution in [2.45, 2.75) is 26.4 Å². The summed E-state index contributed by atoms with van der Waals surface area (Å²) in [6, 6.07) is 19.0. The Hall–Kier alpha value is -1.57. The SMILES string of the molecule is CN(c1ccccc1)P(=O)(OC(C)(C)C)c1ccccc1. The second-order valence-electron chi connectivity index (χ2n) is 5.92. The Bertz CT molecular complexity index is 620. The summed E-state index contributed by atoms with van der Waals surface area (Å²) in [5.41, 5.74) is 0.364. The Morgan fingerprint density at radius 1 is 0.905 bits per heavy atom. The number of anilines is 1. The second-order valence-corrected chi connectivity index (χ2v) is 8.26. The van der Waals surface area contributed by atoms with E-state index in [-0.39, 0.29) is 0 Å². The fraction of sp³-hybridized carbons (Fsp3) is 0.294. The summed E-state index contributed by atoms with van der Waals surface area (Å²) in [7, 11) is -1.36. The Labute approximate surface area is 127 Å². The van der Waals surface area contributed by atoms with Gasteiger partial charge in [-0.3, -0.25) is 4.57 Å². The first kappa shape index (κ1) is 15.8. The molecule has 0 spiro atoms. The highest BCUT2D eigenvalue weighted by Crippen LogP contribution is 2.53. The van der Waals surface area contributed by atoms with Gasteiger partial charge in [0.1, 0.15) is 0 Å². The van der Waals surface area contributed by atoms with E-state index in [4.69, 9.17) is 4.52 Å². The van der Waals surface area contributed by atoms with Crippen LogP contribution in [0.4, 0.5) is 5.69 Å². The largest absolute Gasteiger partial charge is 0.326 e. The van der Waals surface area contributed by atoms with E-state index in [0.29, 0.717) is 5.30 Å². The Morgan fingerprint density at radius 2 is 1.38 bits per heavy atom. The Balaban J connectivity index is 2.49.